The second-order valence-corrected chi connectivity index (χ2v) is 5.10. The molecule has 0 spiro atoms. The number of amides is 1. The van der Waals surface area contributed by atoms with Crippen molar-refractivity contribution in [3.8, 4) is 0 Å². The Kier molecular flexibility index (Phi) is 6.36. The predicted molar refractivity (Wildman–Crippen MR) is 78.1 cm³/mol. The van der Waals surface area contributed by atoms with Crippen LogP contribution in [0.15, 0.2) is 24.3 Å². The largest absolute Gasteiger partial charge is 0.380 e. The summed E-state index contributed by atoms with van der Waals surface area (Å²) in [5.74, 6) is 0.470. The van der Waals surface area contributed by atoms with Crippen LogP contribution in [0.3, 0.4) is 0 Å². The van der Waals surface area contributed by atoms with Crippen molar-refractivity contribution in [3.63, 3.8) is 0 Å². The van der Waals surface area contributed by atoms with Crippen LogP contribution in [-0.2, 0) is 16.1 Å². The SMILES string of the molecule is COCc1ccccc1NC(C)C(=O)NCC(C)C. The number of para-hydroxylation sites is 1. The number of carbonyl (C=O) groups excluding carboxylic acids is 1. The van der Waals surface area contributed by atoms with E-state index in [1.807, 2.05) is 31.2 Å². The van der Waals surface area contributed by atoms with E-state index in [0.29, 0.717) is 19.1 Å². The Morgan fingerprint density at radius 2 is 1.95 bits per heavy atom. The Labute approximate surface area is 115 Å². The van der Waals surface area contributed by atoms with Gasteiger partial charge >= 0.3 is 0 Å². The normalized spacial score (nSPS) is 12.3. The summed E-state index contributed by atoms with van der Waals surface area (Å²) in [6.07, 6.45) is 0. The first-order valence-electron chi connectivity index (χ1n) is 6.65. The van der Waals surface area contributed by atoms with Gasteiger partial charge in [-0.25, -0.2) is 0 Å². The number of hydrogen-bond acceptors (Lipinski definition) is 3. The average molecular weight is 264 g/mol. The maximum atomic E-state index is 11.9. The predicted octanol–water partition coefficient (Wildman–Crippen LogP) is 2.41. The van der Waals surface area contributed by atoms with E-state index in [1.54, 1.807) is 7.11 Å². The summed E-state index contributed by atoms with van der Waals surface area (Å²) in [5.41, 5.74) is 1.99. The van der Waals surface area contributed by atoms with Crippen molar-refractivity contribution >= 4 is 11.6 Å². The molecule has 19 heavy (non-hydrogen) atoms. The quantitative estimate of drug-likeness (QED) is 0.795. The number of ether oxygens (including phenoxy) is 1. The number of benzene rings is 1. The first-order chi connectivity index (χ1) is 9.04. The fraction of sp³-hybridized carbons (Fsp3) is 0.533. The molecule has 0 saturated carbocycles. The maximum Gasteiger partial charge on any atom is 0.242 e. The molecule has 0 radical (unpaired) electrons. The zero-order valence-electron chi connectivity index (χ0n) is 12.2. The topological polar surface area (TPSA) is 50.4 Å². The highest BCUT2D eigenvalue weighted by Crippen LogP contribution is 2.16. The van der Waals surface area contributed by atoms with E-state index in [9.17, 15) is 4.79 Å². The molecule has 1 unspecified atom stereocenters. The molecule has 0 aliphatic rings. The van der Waals surface area contributed by atoms with Gasteiger partial charge in [0.1, 0.15) is 6.04 Å². The van der Waals surface area contributed by atoms with Crippen LogP contribution in [0.4, 0.5) is 5.69 Å². The van der Waals surface area contributed by atoms with E-state index in [2.05, 4.69) is 24.5 Å². The molecule has 4 heteroatoms. The smallest absolute Gasteiger partial charge is 0.242 e. The minimum Gasteiger partial charge on any atom is -0.380 e. The fourth-order valence-electron chi connectivity index (χ4n) is 1.70. The van der Waals surface area contributed by atoms with Crippen LogP contribution in [0.25, 0.3) is 0 Å². The van der Waals surface area contributed by atoms with E-state index < -0.39 is 0 Å². The Bertz CT molecular complexity index is 405. The number of carbonyl (C=O) groups is 1. The van der Waals surface area contributed by atoms with E-state index in [-0.39, 0.29) is 11.9 Å². The van der Waals surface area contributed by atoms with Crippen LogP contribution in [0, 0.1) is 5.92 Å². The average Bonchev–Trinajstić information content (AvgIpc) is 2.38. The number of methoxy groups -OCH3 is 1. The molecular weight excluding hydrogens is 240 g/mol. The lowest BCUT2D eigenvalue weighted by molar-refractivity contribution is -0.121. The van der Waals surface area contributed by atoms with Crippen molar-refractivity contribution in [3.05, 3.63) is 29.8 Å². The highest BCUT2D eigenvalue weighted by Gasteiger charge is 2.13. The van der Waals surface area contributed by atoms with Crippen LogP contribution in [0.2, 0.25) is 0 Å². The third kappa shape index (κ3) is 5.30. The van der Waals surface area contributed by atoms with Crippen LogP contribution >= 0.6 is 0 Å². The molecular formula is C15H24N2O2. The zero-order valence-corrected chi connectivity index (χ0v) is 12.2. The lowest BCUT2D eigenvalue weighted by Gasteiger charge is -2.18. The van der Waals surface area contributed by atoms with Crippen molar-refractivity contribution in [2.75, 3.05) is 19.0 Å². The van der Waals surface area contributed by atoms with Crippen LogP contribution in [-0.4, -0.2) is 25.6 Å². The molecule has 1 amide bonds. The standard InChI is InChI=1S/C15H24N2O2/c1-11(2)9-16-15(18)12(3)17-14-8-6-5-7-13(14)10-19-4/h5-8,11-12,17H,9-10H2,1-4H3,(H,16,18). The number of nitrogens with one attached hydrogen (secondary N) is 2. The summed E-state index contributed by atoms with van der Waals surface area (Å²) < 4.78 is 5.15. The summed E-state index contributed by atoms with van der Waals surface area (Å²) in [6, 6.07) is 7.59. The van der Waals surface area contributed by atoms with E-state index in [1.165, 1.54) is 0 Å². The van der Waals surface area contributed by atoms with Crippen molar-refractivity contribution in [1.82, 2.24) is 5.32 Å². The van der Waals surface area contributed by atoms with E-state index in [4.69, 9.17) is 4.74 Å². The van der Waals surface area contributed by atoms with Crippen LogP contribution in [0.5, 0.6) is 0 Å². The summed E-state index contributed by atoms with van der Waals surface area (Å²) in [6.45, 7) is 7.24. The summed E-state index contributed by atoms with van der Waals surface area (Å²) in [5, 5.41) is 6.15. The van der Waals surface area contributed by atoms with Crippen molar-refractivity contribution in [1.29, 1.82) is 0 Å². The van der Waals surface area contributed by atoms with Crippen molar-refractivity contribution in [2.45, 2.75) is 33.4 Å². The van der Waals surface area contributed by atoms with Crippen LogP contribution < -0.4 is 10.6 Å². The zero-order chi connectivity index (χ0) is 14.3. The number of rotatable bonds is 7. The lowest BCUT2D eigenvalue weighted by atomic mass is 10.1. The van der Waals surface area contributed by atoms with E-state index >= 15 is 0 Å². The molecule has 0 bridgehead atoms. The van der Waals surface area contributed by atoms with E-state index in [0.717, 1.165) is 11.3 Å². The summed E-state index contributed by atoms with van der Waals surface area (Å²) in [7, 11) is 1.66. The molecule has 1 aromatic carbocycles. The second-order valence-electron chi connectivity index (χ2n) is 5.10. The summed E-state index contributed by atoms with van der Waals surface area (Å²) in [4.78, 5) is 11.9. The molecule has 1 atom stereocenters. The van der Waals surface area contributed by atoms with Gasteiger partial charge in [-0.3, -0.25) is 4.79 Å². The Balaban J connectivity index is 2.60. The fourth-order valence-corrected chi connectivity index (χ4v) is 1.70. The monoisotopic (exact) mass is 264 g/mol. The van der Waals surface area contributed by atoms with Gasteiger partial charge in [-0.1, -0.05) is 32.0 Å². The Morgan fingerprint density at radius 3 is 2.58 bits per heavy atom. The van der Waals surface area contributed by atoms with Gasteiger partial charge in [-0.15, -0.1) is 0 Å². The second kappa shape index (κ2) is 7.79. The molecule has 0 fully saturated rings. The highest BCUT2D eigenvalue weighted by molar-refractivity contribution is 5.84. The third-order valence-electron chi connectivity index (χ3n) is 2.77. The molecule has 1 aromatic rings. The first kappa shape index (κ1) is 15.5. The van der Waals surface area contributed by atoms with Crippen molar-refractivity contribution < 1.29 is 9.53 Å². The molecule has 1 rings (SSSR count). The number of hydrogen-bond donors (Lipinski definition) is 2. The van der Waals surface area contributed by atoms with Gasteiger partial charge in [-0.2, -0.15) is 0 Å². The molecule has 0 aliphatic heterocycles. The molecule has 0 saturated heterocycles. The van der Waals surface area contributed by atoms with Gasteiger partial charge in [0.2, 0.25) is 5.91 Å². The van der Waals surface area contributed by atoms with Gasteiger partial charge in [0, 0.05) is 24.9 Å². The van der Waals surface area contributed by atoms with Gasteiger partial charge in [0.25, 0.3) is 0 Å². The molecule has 4 nitrogen and oxygen atoms in total. The van der Waals surface area contributed by atoms with Gasteiger partial charge < -0.3 is 15.4 Å². The number of anilines is 1. The van der Waals surface area contributed by atoms with Gasteiger partial charge in [0.15, 0.2) is 0 Å². The maximum absolute atomic E-state index is 11.9. The minimum atomic E-state index is -0.267. The van der Waals surface area contributed by atoms with Gasteiger partial charge in [0.05, 0.1) is 6.61 Å². The molecule has 0 heterocycles. The Hall–Kier alpha value is -1.55. The molecule has 2 N–H and O–H groups in total. The third-order valence-corrected chi connectivity index (χ3v) is 2.77. The summed E-state index contributed by atoms with van der Waals surface area (Å²) >= 11 is 0. The molecule has 106 valence electrons. The molecule has 0 aliphatic carbocycles. The van der Waals surface area contributed by atoms with Crippen LogP contribution in [0.1, 0.15) is 26.3 Å². The Morgan fingerprint density at radius 1 is 1.26 bits per heavy atom. The lowest BCUT2D eigenvalue weighted by Crippen LogP contribution is -2.39. The first-order valence-corrected chi connectivity index (χ1v) is 6.65. The minimum absolute atomic E-state index is 0.0147. The molecule has 0 aromatic heterocycles. The van der Waals surface area contributed by atoms with Gasteiger partial charge in [-0.05, 0) is 18.9 Å². The highest BCUT2D eigenvalue weighted by atomic mass is 16.5. The van der Waals surface area contributed by atoms with Crippen molar-refractivity contribution in [2.24, 2.45) is 5.92 Å².